The Bertz CT molecular complexity index is 4090. The van der Waals surface area contributed by atoms with Gasteiger partial charge in [-0.2, -0.15) is 0 Å². The number of rotatable bonds is 4. The van der Waals surface area contributed by atoms with E-state index >= 15 is 0 Å². The molecule has 1 aromatic heterocycles. The van der Waals surface area contributed by atoms with Crippen LogP contribution < -0.4 is 9.80 Å². The van der Waals surface area contributed by atoms with Crippen molar-refractivity contribution in [3.63, 3.8) is 0 Å². The van der Waals surface area contributed by atoms with Crippen LogP contribution in [0.25, 0.3) is 77.6 Å². The van der Waals surface area contributed by atoms with E-state index in [2.05, 4.69) is 265 Å². The molecule has 0 bridgehead atoms. The van der Waals surface area contributed by atoms with Gasteiger partial charge in [0.1, 0.15) is 11.2 Å². The maximum Gasteiger partial charge on any atom is 0.143 e. The molecule has 1 unspecified atom stereocenters. The fraction of sp³-hybridized carbons (Fsp3) is 0.0149. The molecule has 12 aromatic rings. The fourth-order valence-corrected chi connectivity index (χ4v) is 12.4. The van der Waals surface area contributed by atoms with Gasteiger partial charge in [-0.1, -0.05) is 188 Å². The van der Waals surface area contributed by atoms with Crippen molar-refractivity contribution in [2.24, 2.45) is 0 Å². The van der Waals surface area contributed by atoms with Gasteiger partial charge in [-0.05, 0) is 128 Å². The van der Waals surface area contributed by atoms with E-state index in [1.807, 2.05) is 0 Å². The topological polar surface area (TPSA) is 19.6 Å². The minimum Gasteiger partial charge on any atom is -0.455 e. The van der Waals surface area contributed by atoms with E-state index in [4.69, 9.17) is 4.42 Å². The highest BCUT2D eigenvalue weighted by Crippen LogP contribution is 2.63. The molecule has 3 aliphatic rings. The summed E-state index contributed by atoms with van der Waals surface area (Å²) in [4.78, 5) is 4.87. The molecule has 0 fully saturated rings. The molecule has 0 radical (unpaired) electrons. The van der Waals surface area contributed by atoms with Crippen LogP contribution in [-0.2, 0) is 5.41 Å². The van der Waals surface area contributed by atoms with Crippen LogP contribution in [0.15, 0.2) is 259 Å². The molecule has 3 heteroatoms. The summed E-state index contributed by atoms with van der Waals surface area (Å²) in [7, 11) is 0. The van der Waals surface area contributed by atoms with Gasteiger partial charge in [0.05, 0.1) is 16.8 Å². The zero-order valence-electron chi connectivity index (χ0n) is 38.1. The number of anilines is 6. The average Bonchev–Trinajstić information content (AvgIpc) is 3.89. The van der Waals surface area contributed by atoms with Crippen molar-refractivity contribution in [2.45, 2.75) is 5.41 Å². The summed E-state index contributed by atoms with van der Waals surface area (Å²) in [5.74, 6) is 0. The van der Waals surface area contributed by atoms with E-state index in [9.17, 15) is 0 Å². The van der Waals surface area contributed by atoms with Gasteiger partial charge in [-0.25, -0.2) is 0 Å². The van der Waals surface area contributed by atoms with Crippen molar-refractivity contribution in [3.8, 4) is 55.6 Å². The first-order valence-electron chi connectivity index (χ1n) is 24.2. The van der Waals surface area contributed by atoms with Crippen molar-refractivity contribution in [1.29, 1.82) is 0 Å². The van der Waals surface area contributed by atoms with E-state index in [-0.39, 0.29) is 0 Å². The minimum atomic E-state index is -0.663. The Kier molecular flexibility index (Phi) is 8.28. The van der Waals surface area contributed by atoms with Crippen LogP contribution in [0.1, 0.15) is 22.3 Å². The summed E-state index contributed by atoms with van der Waals surface area (Å²) in [6, 6.07) is 93.8. The molecule has 2 aliphatic carbocycles. The molecule has 0 saturated heterocycles. The second-order valence-electron chi connectivity index (χ2n) is 18.7. The van der Waals surface area contributed by atoms with Crippen LogP contribution in [-0.4, -0.2) is 0 Å². The molecular weight excluding hydrogens is 849 g/mol. The molecule has 3 nitrogen and oxygen atoms in total. The smallest absolute Gasteiger partial charge is 0.143 e. The lowest BCUT2D eigenvalue weighted by Gasteiger charge is -2.36. The maximum absolute atomic E-state index is 6.91. The Morgan fingerprint density at radius 1 is 0.314 bits per heavy atom. The number of para-hydroxylation sites is 4. The van der Waals surface area contributed by atoms with Crippen molar-refractivity contribution in [2.75, 3.05) is 9.80 Å². The Morgan fingerprint density at radius 3 is 1.57 bits per heavy atom. The Morgan fingerprint density at radius 2 is 0.814 bits per heavy atom. The Hall–Kier alpha value is -9.18. The van der Waals surface area contributed by atoms with Gasteiger partial charge in [0.25, 0.3) is 0 Å². The van der Waals surface area contributed by atoms with Gasteiger partial charge in [-0.15, -0.1) is 0 Å². The second-order valence-corrected chi connectivity index (χ2v) is 18.7. The predicted octanol–water partition coefficient (Wildman–Crippen LogP) is 18.2. The van der Waals surface area contributed by atoms with Gasteiger partial charge < -0.3 is 14.2 Å². The molecule has 326 valence electrons. The molecule has 0 N–H and O–H groups in total. The van der Waals surface area contributed by atoms with Crippen molar-refractivity contribution >= 4 is 56.1 Å². The summed E-state index contributed by atoms with van der Waals surface area (Å²) in [5.41, 5.74) is 24.8. The highest BCUT2D eigenvalue weighted by molar-refractivity contribution is 6.13. The van der Waals surface area contributed by atoms with Crippen LogP contribution >= 0.6 is 0 Å². The van der Waals surface area contributed by atoms with Crippen molar-refractivity contribution in [3.05, 3.63) is 277 Å². The van der Waals surface area contributed by atoms with Gasteiger partial charge in [0.15, 0.2) is 0 Å². The van der Waals surface area contributed by atoms with Crippen LogP contribution in [0.2, 0.25) is 0 Å². The van der Waals surface area contributed by atoms with Gasteiger partial charge >= 0.3 is 0 Å². The summed E-state index contributed by atoms with van der Waals surface area (Å²) >= 11 is 0. The summed E-state index contributed by atoms with van der Waals surface area (Å²) in [5, 5.41) is 2.27. The predicted molar refractivity (Wildman–Crippen MR) is 289 cm³/mol. The molecule has 1 atom stereocenters. The minimum absolute atomic E-state index is 0.663. The number of fused-ring (bicyclic) bond motifs is 21. The molecule has 15 rings (SSSR count). The van der Waals surface area contributed by atoms with Crippen molar-refractivity contribution in [1.82, 2.24) is 0 Å². The normalized spacial score (nSPS) is 14.6. The SMILES string of the molecule is c1ccc(N(c2ccc3c(c2)-c2ccccc2-c2ccccc2N3c2ccccc2)c2ccc3c(c2)-c2ccccc2-c2ccccc2C32c3ccccc3-c3c2ccc2c3oc3ccccc32)cc1. The first-order valence-corrected chi connectivity index (χ1v) is 24.2. The van der Waals surface area contributed by atoms with Gasteiger partial charge in [-0.3, -0.25) is 0 Å². The van der Waals surface area contributed by atoms with E-state index in [1.165, 1.54) is 77.9 Å². The molecule has 1 aliphatic heterocycles. The molecule has 11 aromatic carbocycles. The largest absolute Gasteiger partial charge is 0.455 e. The van der Waals surface area contributed by atoms with Crippen molar-refractivity contribution < 1.29 is 4.42 Å². The first-order chi connectivity index (χ1) is 34.8. The lowest BCUT2D eigenvalue weighted by Crippen LogP contribution is -2.29. The van der Waals surface area contributed by atoms with E-state index < -0.39 is 5.41 Å². The van der Waals surface area contributed by atoms with Gasteiger partial charge in [0, 0.05) is 50.2 Å². The molecule has 0 saturated carbocycles. The lowest BCUT2D eigenvalue weighted by molar-refractivity contribution is 0.669. The quantitative estimate of drug-likeness (QED) is 0.176. The van der Waals surface area contributed by atoms with Crippen LogP contribution in [0.4, 0.5) is 34.1 Å². The third kappa shape index (κ3) is 5.34. The Labute approximate surface area is 406 Å². The number of benzene rings is 11. The Balaban J connectivity index is 1.01. The van der Waals surface area contributed by atoms with E-state index in [0.29, 0.717) is 0 Å². The van der Waals surface area contributed by atoms with Gasteiger partial charge in [0.2, 0.25) is 0 Å². The summed E-state index contributed by atoms with van der Waals surface area (Å²) < 4.78 is 6.91. The highest BCUT2D eigenvalue weighted by atomic mass is 16.3. The maximum atomic E-state index is 6.91. The monoisotopic (exact) mass is 890 g/mol. The average molecular weight is 891 g/mol. The van der Waals surface area contributed by atoms with Crippen LogP contribution in [0, 0.1) is 0 Å². The standard InChI is InChI=1S/C67H42N2O/c1-3-19-43(20-4-1)68(46-36-40-63-57(42-46)50-26-10-8-24-48(50)52-28-13-17-33-62(52)69(63)44-21-5-2-6-22-44)45-35-38-60-56(41-45)49-25-9-7-23-47(49)51-27-11-15-31-58(51)67(60)59-32-16-12-30-55(59)65-61(67)39-37-54-53-29-14-18-34-64(53)70-66(54)65/h1-42H. The summed E-state index contributed by atoms with van der Waals surface area (Å²) in [6.07, 6.45) is 0. The van der Waals surface area contributed by atoms with E-state index in [1.54, 1.807) is 0 Å². The first kappa shape index (κ1) is 38.9. The zero-order valence-corrected chi connectivity index (χ0v) is 38.1. The number of nitrogens with zero attached hydrogens (tertiary/aromatic N) is 2. The third-order valence-corrected chi connectivity index (χ3v) is 15.2. The molecule has 70 heavy (non-hydrogen) atoms. The number of furan rings is 1. The number of hydrogen-bond acceptors (Lipinski definition) is 3. The summed E-state index contributed by atoms with van der Waals surface area (Å²) in [6.45, 7) is 0. The molecule has 1 spiro atoms. The lowest BCUT2D eigenvalue weighted by atomic mass is 9.66. The van der Waals surface area contributed by atoms with Crippen LogP contribution in [0.5, 0.6) is 0 Å². The number of hydrogen-bond donors (Lipinski definition) is 0. The van der Waals surface area contributed by atoms with Crippen LogP contribution in [0.3, 0.4) is 0 Å². The zero-order chi connectivity index (χ0) is 45.9. The molecular formula is C67H42N2O. The fourth-order valence-electron chi connectivity index (χ4n) is 12.4. The highest BCUT2D eigenvalue weighted by Gasteiger charge is 2.51. The second kappa shape index (κ2) is 14.9. The molecule has 0 amide bonds. The third-order valence-electron chi connectivity index (χ3n) is 15.2. The van der Waals surface area contributed by atoms with E-state index in [0.717, 1.165) is 56.1 Å². The molecule has 2 heterocycles.